The minimum Gasteiger partial charge on any atom is -0.469 e. The van der Waals surface area contributed by atoms with Crippen molar-refractivity contribution >= 4 is 22.6 Å². The second-order valence-corrected chi connectivity index (χ2v) is 5.87. The first-order chi connectivity index (χ1) is 11.7. The van der Waals surface area contributed by atoms with Crippen molar-refractivity contribution in [2.24, 2.45) is 0 Å². The largest absolute Gasteiger partial charge is 0.469 e. The van der Waals surface area contributed by atoms with Crippen molar-refractivity contribution in [2.45, 2.75) is 13.0 Å². The van der Waals surface area contributed by atoms with E-state index in [1.807, 2.05) is 30.3 Å². The number of ether oxygens (including phenoxy) is 1. The summed E-state index contributed by atoms with van der Waals surface area (Å²) in [7, 11) is 3.52. The fraction of sp³-hybridized carbons (Fsp3) is 0.250. The second-order valence-electron chi connectivity index (χ2n) is 5.87. The molecule has 124 valence electrons. The molecule has 4 heteroatoms. The number of rotatable bonds is 6. The molecule has 0 aliphatic rings. The minimum absolute atomic E-state index is 0.209. The molecule has 3 aromatic rings. The summed E-state index contributed by atoms with van der Waals surface area (Å²) in [5.41, 5.74) is 3.36. The molecule has 0 saturated carbocycles. The molecule has 2 aromatic carbocycles. The van der Waals surface area contributed by atoms with Crippen LogP contribution in [-0.4, -0.2) is 31.2 Å². The van der Waals surface area contributed by atoms with Crippen LogP contribution >= 0.6 is 0 Å². The van der Waals surface area contributed by atoms with Gasteiger partial charge in [0.05, 0.1) is 13.5 Å². The Morgan fingerprint density at radius 1 is 1.08 bits per heavy atom. The number of esters is 1. The van der Waals surface area contributed by atoms with Gasteiger partial charge in [-0.2, -0.15) is 0 Å². The van der Waals surface area contributed by atoms with Gasteiger partial charge in [-0.05, 0) is 23.8 Å². The number of hydrogen-bond acceptors (Lipinski definition) is 3. The van der Waals surface area contributed by atoms with E-state index in [4.69, 9.17) is 4.74 Å². The van der Waals surface area contributed by atoms with Crippen molar-refractivity contribution in [1.82, 2.24) is 4.57 Å². The lowest BCUT2D eigenvalue weighted by atomic mass is 10.1. The predicted molar refractivity (Wildman–Crippen MR) is 97.4 cm³/mol. The highest BCUT2D eigenvalue weighted by Crippen LogP contribution is 2.22. The van der Waals surface area contributed by atoms with Crippen LogP contribution in [0.2, 0.25) is 0 Å². The van der Waals surface area contributed by atoms with Crippen molar-refractivity contribution in [3.63, 3.8) is 0 Å². The summed E-state index contributed by atoms with van der Waals surface area (Å²) in [6.07, 6.45) is 2.37. The van der Waals surface area contributed by atoms with Crippen LogP contribution in [0.5, 0.6) is 0 Å². The summed E-state index contributed by atoms with van der Waals surface area (Å²) >= 11 is 0. The highest BCUT2D eigenvalue weighted by molar-refractivity contribution is 5.87. The summed E-state index contributed by atoms with van der Waals surface area (Å²) in [6.45, 7) is 1.74. The average molecular weight is 322 g/mol. The summed E-state index contributed by atoms with van der Waals surface area (Å²) in [5, 5.41) is 1.12. The summed E-state index contributed by atoms with van der Waals surface area (Å²) in [4.78, 5) is 13.9. The van der Waals surface area contributed by atoms with Crippen molar-refractivity contribution in [2.75, 3.05) is 25.6 Å². The Balaban J connectivity index is 1.80. The lowest BCUT2D eigenvalue weighted by Gasteiger charge is -2.19. The first kappa shape index (κ1) is 16.1. The number of para-hydroxylation sites is 2. The maximum atomic E-state index is 11.6. The molecule has 0 aliphatic carbocycles. The van der Waals surface area contributed by atoms with Crippen LogP contribution in [0, 0.1) is 0 Å². The minimum atomic E-state index is -0.209. The number of carbonyl (C=O) groups is 1. The number of likely N-dealkylation sites (N-methyl/N-ethyl adjacent to an activating group) is 1. The fourth-order valence-corrected chi connectivity index (χ4v) is 2.95. The number of anilines is 1. The van der Waals surface area contributed by atoms with Gasteiger partial charge < -0.3 is 14.2 Å². The summed E-state index contributed by atoms with van der Waals surface area (Å²) in [5.74, 6) is -0.209. The van der Waals surface area contributed by atoms with E-state index < -0.39 is 0 Å². The number of benzene rings is 2. The molecule has 24 heavy (non-hydrogen) atoms. The normalized spacial score (nSPS) is 10.8. The zero-order valence-corrected chi connectivity index (χ0v) is 14.1. The number of methoxy groups -OCH3 is 1. The molecule has 3 rings (SSSR count). The Labute approximate surface area is 142 Å². The molecule has 4 nitrogen and oxygen atoms in total. The molecule has 1 heterocycles. The first-order valence-electron chi connectivity index (χ1n) is 8.09. The van der Waals surface area contributed by atoms with E-state index in [2.05, 4.69) is 47.0 Å². The molecule has 1 aromatic heterocycles. The molecule has 0 unspecified atom stereocenters. The van der Waals surface area contributed by atoms with E-state index in [1.165, 1.54) is 12.8 Å². The Hall–Kier alpha value is -2.75. The molecular weight excluding hydrogens is 300 g/mol. The SMILES string of the molecule is COC(=O)Cc1cn(CCN(C)c2ccccc2)c2ccccc12. The molecule has 0 fully saturated rings. The predicted octanol–water partition coefficient (Wildman–Crippen LogP) is 3.49. The standard InChI is InChI=1S/C20H22N2O2/c1-21(17-8-4-3-5-9-17)12-13-22-15-16(14-20(23)24-2)18-10-6-7-11-19(18)22/h3-11,15H,12-14H2,1-2H3. The molecule has 0 saturated heterocycles. The molecule has 0 bridgehead atoms. The number of hydrogen-bond donors (Lipinski definition) is 0. The van der Waals surface area contributed by atoms with Gasteiger partial charge in [-0.3, -0.25) is 4.79 Å². The van der Waals surface area contributed by atoms with E-state index in [9.17, 15) is 4.79 Å². The Morgan fingerprint density at radius 2 is 1.79 bits per heavy atom. The molecule has 0 amide bonds. The van der Waals surface area contributed by atoms with Gasteiger partial charge in [0.25, 0.3) is 0 Å². The van der Waals surface area contributed by atoms with Crippen molar-refractivity contribution in [3.05, 3.63) is 66.4 Å². The van der Waals surface area contributed by atoms with Crippen molar-refractivity contribution in [3.8, 4) is 0 Å². The van der Waals surface area contributed by atoms with Crippen LogP contribution in [0.25, 0.3) is 10.9 Å². The number of carbonyl (C=O) groups excluding carboxylic acids is 1. The quantitative estimate of drug-likeness (QED) is 0.652. The van der Waals surface area contributed by atoms with Gasteiger partial charge >= 0.3 is 5.97 Å². The highest BCUT2D eigenvalue weighted by atomic mass is 16.5. The van der Waals surface area contributed by atoms with Gasteiger partial charge in [0.1, 0.15) is 0 Å². The zero-order chi connectivity index (χ0) is 16.9. The molecule has 0 radical (unpaired) electrons. The number of aromatic nitrogens is 1. The lowest BCUT2D eigenvalue weighted by molar-refractivity contribution is -0.139. The van der Waals surface area contributed by atoms with Gasteiger partial charge in [0.2, 0.25) is 0 Å². The molecule has 0 aliphatic heterocycles. The Kier molecular flexibility index (Phi) is 4.85. The van der Waals surface area contributed by atoms with Gasteiger partial charge in [0.15, 0.2) is 0 Å². The molecular formula is C20H22N2O2. The monoisotopic (exact) mass is 322 g/mol. The van der Waals surface area contributed by atoms with Crippen LogP contribution < -0.4 is 4.90 Å². The summed E-state index contributed by atoms with van der Waals surface area (Å²) < 4.78 is 7.03. The molecule has 0 N–H and O–H groups in total. The third-order valence-electron chi connectivity index (χ3n) is 4.31. The van der Waals surface area contributed by atoms with Crippen LogP contribution in [0.3, 0.4) is 0 Å². The third kappa shape index (κ3) is 3.43. The highest BCUT2D eigenvalue weighted by Gasteiger charge is 2.12. The smallest absolute Gasteiger partial charge is 0.310 e. The first-order valence-corrected chi connectivity index (χ1v) is 8.09. The van der Waals surface area contributed by atoms with E-state index >= 15 is 0 Å². The van der Waals surface area contributed by atoms with E-state index in [0.29, 0.717) is 6.42 Å². The lowest BCUT2D eigenvalue weighted by Crippen LogP contribution is -2.22. The maximum Gasteiger partial charge on any atom is 0.310 e. The van der Waals surface area contributed by atoms with Crippen LogP contribution in [0.15, 0.2) is 60.8 Å². The van der Waals surface area contributed by atoms with Crippen LogP contribution in [0.4, 0.5) is 5.69 Å². The average Bonchev–Trinajstić information content (AvgIpc) is 2.98. The van der Waals surface area contributed by atoms with Crippen molar-refractivity contribution < 1.29 is 9.53 Å². The van der Waals surface area contributed by atoms with Crippen molar-refractivity contribution in [1.29, 1.82) is 0 Å². The number of fused-ring (bicyclic) bond motifs is 1. The second kappa shape index (κ2) is 7.21. The fourth-order valence-electron chi connectivity index (χ4n) is 2.95. The van der Waals surface area contributed by atoms with E-state index in [0.717, 1.165) is 29.6 Å². The zero-order valence-electron chi connectivity index (χ0n) is 14.1. The maximum absolute atomic E-state index is 11.6. The number of nitrogens with zero attached hydrogens (tertiary/aromatic N) is 2. The van der Waals surface area contributed by atoms with Crippen LogP contribution in [0.1, 0.15) is 5.56 Å². The van der Waals surface area contributed by atoms with Gasteiger partial charge in [-0.15, -0.1) is 0 Å². The van der Waals surface area contributed by atoms with Crippen LogP contribution in [-0.2, 0) is 22.5 Å². The van der Waals surface area contributed by atoms with Gasteiger partial charge in [-0.25, -0.2) is 0 Å². The topological polar surface area (TPSA) is 34.5 Å². The van der Waals surface area contributed by atoms with Gasteiger partial charge in [0, 0.05) is 42.9 Å². The van der Waals surface area contributed by atoms with Gasteiger partial charge in [-0.1, -0.05) is 36.4 Å². The third-order valence-corrected chi connectivity index (χ3v) is 4.31. The van der Waals surface area contributed by atoms with E-state index in [-0.39, 0.29) is 5.97 Å². The molecule has 0 spiro atoms. The summed E-state index contributed by atoms with van der Waals surface area (Å²) in [6, 6.07) is 18.5. The molecule has 0 atom stereocenters. The van der Waals surface area contributed by atoms with E-state index in [1.54, 1.807) is 0 Å². The Morgan fingerprint density at radius 3 is 2.54 bits per heavy atom. The Bertz CT molecular complexity index is 824.